The van der Waals surface area contributed by atoms with Gasteiger partial charge in [0, 0.05) is 11.6 Å². The zero-order chi connectivity index (χ0) is 21.0. The van der Waals surface area contributed by atoms with Gasteiger partial charge < -0.3 is 15.5 Å². The highest BCUT2D eigenvalue weighted by atomic mass is 35.5. The summed E-state index contributed by atoms with van der Waals surface area (Å²) in [7, 11) is -3.83. The molecule has 0 bridgehead atoms. The van der Waals surface area contributed by atoms with Crippen molar-refractivity contribution in [3.05, 3.63) is 59.1 Å². The maximum absolute atomic E-state index is 13.0. The van der Waals surface area contributed by atoms with E-state index in [1.54, 1.807) is 12.1 Å². The van der Waals surface area contributed by atoms with Gasteiger partial charge in [0.05, 0.1) is 17.5 Å². The number of nitrogens with one attached hydrogen (secondary N) is 1. The monoisotopic (exact) mass is 438 g/mol. The van der Waals surface area contributed by atoms with Crippen LogP contribution < -0.4 is 5.32 Å². The zero-order valence-corrected chi connectivity index (χ0v) is 17.2. The van der Waals surface area contributed by atoms with Gasteiger partial charge in [-0.05, 0) is 61.2 Å². The molecule has 1 aliphatic rings. The molecule has 0 aromatic heterocycles. The number of benzene rings is 2. The van der Waals surface area contributed by atoms with Crippen molar-refractivity contribution < 1.29 is 23.4 Å². The Hall–Kier alpha value is -2.13. The lowest BCUT2D eigenvalue weighted by Crippen LogP contribution is -2.50. The minimum atomic E-state index is -3.83. The molecule has 156 valence electrons. The molecule has 1 aliphatic heterocycles. The Bertz CT molecular complexity index is 948. The summed E-state index contributed by atoms with van der Waals surface area (Å²) in [5.74, 6) is -0.301. The molecule has 1 fully saturated rings. The molecular formula is C20H23ClN2O5S. The summed E-state index contributed by atoms with van der Waals surface area (Å²) < 4.78 is 27.1. The molecule has 2 aromatic carbocycles. The average Bonchev–Trinajstić information content (AvgIpc) is 3.20. The Balaban J connectivity index is 1.71. The first-order valence-corrected chi connectivity index (χ1v) is 11.1. The van der Waals surface area contributed by atoms with E-state index >= 15 is 0 Å². The van der Waals surface area contributed by atoms with Crippen LogP contribution in [-0.2, 0) is 21.2 Å². The molecule has 0 radical (unpaired) electrons. The normalized spacial score (nSPS) is 18.5. The van der Waals surface area contributed by atoms with Crippen LogP contribution in [0, 0.1) is 0 Å². The number of sulfonamides is 1. The van der Waals surface area contributed by atoms with E-state index < -0.39 is 28.0 Å². The average molecular weight is 439 g/mol. The number of aliphatic hydroxyl groups is 1. The van der Waals surface area contributed by atoms with Crippen LogP contribution in [0.2, 0.25) is 5.02 Å². The highest BCUT2D eigenvalue weighted by Crippen LogP contribution is 2.27. The van der Waals surface area contributed by atoms with Crippen molar-refractivity contribution in [2.45, 2.75) is 36.2 Å². The third kappa shape index (κ3) is 5.08. The molecule has 29 heavy (non-hydrogen) atoms. The highest BCUT2D eigenvalue weighted by molar-refractivity contribution is 7.89. The number of hydrogen-bond acceptors (Lipinski definition) is 5. The van der Waals surface area contributed by atoms with E-state index in [4.69, 9.17) is 11.6 Å². The van der Waals surface area contributed by atoms with Gasteiger partial charge in [0.1, 0.15) is 11.8 Å². The summed E-state index contributed by atoms with van der Waals surface area (Å²) in [5, 5.41) is 22.2. The van der Waals surface area contributed by atoms with Crippen molar-refractivity contribution in [2.24, 2.45) is 0 Å². The maximum Gasteiger partial charge on any atom is 0.243 e. The highest BCUT2D eigenvalue weighted by Gasteiger charge is 2.39. The Kier molecular flexibility index (Phi) is 6.79. The van der Waals surface area contributed by atoms with Gasteiger partial charge >= 0.3 is 0 Å². The molecule has 0 unspecified atom stereocenters. The van der Waals surface area contributed by atoms with Crippen molar-refractivity contribution in [1.82, 2.24) is 9.62 Å². The summed E-state index contributed by atoms with van der Waals surface area (Å²) in [6.45, 7) is -0.0337. The van der Waals surface area contributed by atoms with Crippen molar-refractivity contribution >= 4 is 27.5 Å². The zero-order valence-electron chi connectivity index (χ0n) is 15.7. The number of nitrogens with zero attached hydrogens (tertiary/aromatic N) is 1. The second-order valence-corrected chi connectivity index (χ2v) is 9.31. The molecular weight excluding hydrogens is 416 g/mol. The lowest BCUT2D eigenvalue weighted by atomic mass is 10.1. The van der Waals surface area contributed by atoms with Gasteiger partial charge in [-0.2, -0.15) is 4.31 Å². The van der Waals surface area contributed by atoms with E-state index in [9.17, 15) is 23.4 Å². The van der Waals surface area contributed by atoms with Crippen LogP contribution in [-0.4, -0.2) is 54.1 Å². The molecule has 7 nitrogen and oxygen atoms in total. The van der Waals surface area contributed by atoms with E-state index in [-0.39, 0.29) is 23.8 Å². The lowest BCUT2D eigenvalue weighted by molar-refractivity contribution is -0.125. The molecule has 1 heterocycles. The summed E-state index contributed by atoms with van der Waals surface area (Å²) in [5.41, 5.74) is 0.833. The Morgan fingerprint density at radius 3 is 2.45 bits per heavy atom. The number of aromatic hydroxyl groups is 1. The Morgan fingerprint density at radius 2 is 1.83 bits per heavy atom. The first kappa shape index (κ1) is 21.6. The summed E-state index contributed by atoms with van der Waals surface area (Å²) in [6, 6.07) is 10.9. The SMILES string of the molecule is O=C(N[C@H](CO)Cc1ccc(O)cc1)[C@@H]1CCCN1S(=O)(=O)c1ccc(Cl)cc1. The van der Waals surface area contributed by atoms with Gasteiger partial charge in [0.15, 0.2) is 0 Å². The number of phenols is 1. The molecule has 0 aliphatic carbocycles. The van der Waals surface area contributed by atoms with Crippen LogP contribution in [0.1, 0.15) is 18.4 Å². The van der Waals surface area contributed by atoms with Crippen molar-refractivity contribution in [3.63, 3.8) is 0 Å². The van der Waals surface area contributed by atoms with E-state index in [1.165, 1.54) is 40.7 Å². The number of carbonyl (C=O) groups excluding carboxylic acids is 1. The van der Waals surface area contributed by atoms with Gasteiger partial charge in [-0.1, -0.05) is 23.7 Å². The van der Waals surface area contributed by atoms with Gasteiger partial charge in [-0.3, -0.25) is 4.79 Å². The summed E-state index contributed by atoms with van der Waals surface area (Å²) >= 11 is 5.84. The fourth-order valence-electron chi connectivity index (χ4n) is 3.41. The predicted molar refractivity (Wildman–Crippen MR) is 109 cm³/mol. The first-order valence-electron chi connectivity index (χ1n) is 9.28. The minimum absolute atomic E-state index is 0.0874. The molecule has 3 rings (SSSR count). The van der Waals surface area contributed by atoms with E-state index in [0.717, 1.165) is 5.56 Å². The number of amides is 1. The third-order valence-electron chi connectivity index (χ3n) is 4.91. The number of hydrogen-bond donors (Lipinski definition) is 3. The largest absolute Gasteiger partial charge is 0.508 e. The molecule has 0 saturated carbocycles. The third-order valence-corrected chi connectivity index (χ3v) is 7.09. The Morgan fingerprint density at radius 1 is 1.17 bits per heavy atom. The second kappa shape index (κ2) is 9.13. The van der Waals surface area contributed by atoms with Gasteiger partial charge in [0.2, 0.25) is 15.9 Å². The molecule has 1 saturated heterocycles. The van der Waals surface area contributed by atoms with Crippen LogP contribution in [0.25, 0.3) is 0 Å². The molecule has 3 N–H and O–H groups in total. The minimum Gasteiger partial charge on any atom is -0.508 e. The van der Waals surface area contributed by atoms with Crippen LogP contribution in [0.4, 0.5) is 0 Å². The van der Waals surface area contributed by atoms with Crippen LogP contribution in [0.3, 0.4) is 0 Å². The van der Waals surface area contributed by atoms with Crippen LogP contribution in [0.5, 0.6) is 5.75 Å². The lowest BCUT2D eigenvalue weighted by Gasteiger charge is -2.25. The summed E-state index contributed by atoms with van der Waals surface area (Å²) in [4.78, 5) is 12.9. The smallest absolute Gasteiger partial charge is 0.243 e. The van der Waals surface area contributed by atoms with Crippen LogP contribution in [0.15, 0.2) is 53.4 Å². The number of phenolic OH excluding ortho intramolecular Hbond substituents is 1. The molecule has 9 heteroatoms. The number of carbonyl (C=O) groups is 1. The van der Waals surface area contributed by atoms with Crippen molar-refractivity contribution in [2.75, 3.05) is 13.2 Å². The topological polar surface area (TPSA) is 107 Å². The molecule has 1 amide bonds. The van der Waals surface area contributed by atoms with E-state index in [1.807, 2.05) is 0 Å². The first-order chi connectivity index (χ1) is 13.8. The maximum atomic E-state index is 13.0. The van der Waals surface area contributed by atoms with Gasteiger partial charge in [-0.25, -0.2) is 8.42 Å². The number of halogens is 1. The molecule has 0 spiro atoms. The number of rotatable bonds is 7. The van der Waals surface area contributed by atoms with Crippen molar-refractivity contribution in [1.29, 1.82) is 0 Å². The fourth-order valence-corrected chi connectivity index (χ4v) is 5.19. The summed E-state index contributed by atoms with van der Waals surface area (Å²) in [6.07, 6.45) is 1.35. The van der Waals surface area contributed by atoms with Crippen LogP contribution >= 0.6 is 11.6 Å². The Labute approximate surface area is 175 Å². The van der Waals surface area contributed by atoms with E-state index in [2.05, 4.69) is 5.32 Å². The quantitative estimate of drug-likeness (QED) is 0.612. The second-order valence-electron chi connectivity index (χ2n) is 6.99. The number of aliphatic hydroxyl groups excluding tert-OH is 1. The fraction of sp³-hybridized carbons (Fsp3) is 0.350. The standard InChI is InChI=1S/C20H23ClN2O5S/c21-15-5-9-18(10-6-15)29(27,28)23-11-1-2-19(23)20(26)22-16(13-24)12-14-3-7-17(25)8-4-14/h3-10,16,19,24-25H,1-2,11-13H2,(H,22,26)/t16-,19-/m0/s1. The molecule has 2 aromatic rings. The van der Waals surface area contributed by atoms with Gasteiger partial charge in [0.25, 0.3) is 0 Å². The molecule has 2 atom stereocenters. The van der Waals surface area contributed by atoms with E-state index in [0.29, 0.717) is 24.3 Å². The predicted octanol–water partition coefficient (Wildman–Crippen LogP) is 1.92. The van der Waals surface area contributed by atoms with Crippen molar-refractivity contribution in [3.8, 4) is 5.75 Å². The van der Waals surface area contributed by atoms with Gasteiger partial charge in [-0.15, -0.1) is 0 Å².